The van der Waals surface area contributed by atoms with Gasteiger partial charge >= 0.3 is 0 Å². The van der Waals surface area contributed by atoms with Crippen molar-refractivity contribution in [1.29, 1.82) is 0 Å². The summed E-state index contributed by atoms with van der Waals surface area (Å²) < 4.78 is 5.43. The summed E-state index contributed by atoms with van der Waals surface area (Å²) in [7, 11) is 0. The molecule has 4 rings (SSSR count). The van der Waals surface area contributed by atoms with Gasteiger partial charge in [0, 0.05) is 50.8 Å². The smallest absolute Gasteiger partial charge is 0.253 e. The summed E-state index contributed by atoms with van der Waals surface area (Å²) >= 11 is 0. The number of nitrogens with zero attached hydrogens (tertiary/aromatic N) is 4. The Kier molecular flexibility index (Phi) is 6.61. The zero-order chi connectivity index (χ0) is 22.5. The number of piperazine rings is 1. The summed E-state index contributed by atoms with van der Waals surface area (Å²) in [6.45, 7) is 7.33. The Bertz CT molecular complexity index is 1070. The molecule has 8 heteroatoms. The number of hydrogen-bond donors (Lipinski definition) is 1. The Hall–Kier alpha value is -3.52. The van der Waals surface area contributed by atoms with Crippen molar-refractivity contribution in [3.63, 3.8) is 0 Å². The molecule has 0 radical (unpaired) electrons. The molecule has 2 amide bonds. The fraction of sp³-hybridized carbons (Fsp3) is 0.333. The van der Waals surface area contributed by atoms with Gasteiger partial charge in [0.05, 0.1) is 6.54 Å². The SMILES string of the molecule is CC(=O)NCc1ccc(C(=O)N2CCN(Cc3nc(-c4ccc(C)cc4)no3)CC2)cc1. The standard InChI is InChI=1S/C24H27N5O3/c1-17-3-7-20(8-4-17)23-26-22(32-27-23)16-28-11-13-29(14-12-28)24(31)21-9-5-19(6-10-21)15-25-18(2)30/h3-10H,11-16H2,1-2H3,(H,25,30). The lowest BCUT2D eigenvalue weighted by Gasteiger charge is -2.34. The minimum absolute atomic E-state index is 0.0233. The molecule has 1 aromatic heterocycles. The van der Waals surface area contributed by atoms with E-state index in [-0.39, 0.29) is 11.8 Å². The lowest BCUT2D eigenvalue weighted by atomic mass is 10.1. The fourth-order valence-electron chi connectivity index (χ4n) is 3.61. The minimum Gasteiger partial charge on any atom is -0.352 e. The number of carbonyl (C=O) groups excluding carboxylic acids is 2. The maximum Gasteiger partial charge on any atom is 0.253 e. The number of hydrogen-bond acceptors (Lipinski definition) is 6. The molecule has 2 aromatic carbocycles. The molecule has 1 fully saturated rings. The number of benzene rings is 2. The van der Waals surface area contributed by atoms with Crippen molar-refractivity contribution in [3.8, 4) is 11.4 Å². The molecule has 166 valence electrons. The van der Waals surface area contributed by atoms with Gasteiger partial charge in [-0.05, 0) is 24.6 Å². The molecule has 0 spiro atoms. The summed E-state index contributed by atoms with van der Waals surface area (Å²) in [5.41, 5.74) is 3.74. The van der Waals surface area contributed by atoms with Gasteiger partial charge in [0.1, 0.15) is 0 Å². The van der Waals surface area contributed by atoms with Crippen LogP contribution in [-0.4, -0.2) is 57.9 Å². The summed E-state index contributed by atoms with van der Waals surface area (Å²) in [6, 6.07) is 15.4. The first-order valence-electron chi connectivity index (χ1n) is 10.7. The van der Waals surface area contributed by atoms with Crippen LogP contribution in [0.4, 0.5) is 0 Å². The molecule has 0 atom stereocenters. The van der Waals surface area contributed by atoms with Crippen LogP contribution in [0, 0.1) is 6.92 Å². The number of carbonyl (C=O) groups is 2. The van der Waals surface area contributed by atoms with E-state index >= 15 is 0 Å². The molecule has 32 heavy (non-hydrogen) atoms. The van der Waals surface area contributed by atoms with Crippen molar-refractivity contribution in [1.82, 2.24) is 25.3 Å². The molecule has 1 saturated heterocycles. The Morgan fingerprint density at radius 3 is 2.34 bits per heavy atom. The van der Waals surface area contributed by atoms with Crippen molar-refractivity contribution in [3.05, 3.63) is 71.1 Å². The first-order chi connectivity index (χ1) is 15.5. The summed E-state index contributed by atoms with van der Waals surface area (Å²) in [4.78, 5) is 32.4. The highest BCUT2D eigenvalue weighted by atomic mass is 16.5. The second-order valence-corrected chi connectivity index (χ2v) is 8.05. The van der Waals surface area contributed by atoms with E-state index in [1.54, 1.807) is 0 Å². The molecular weight excluding hydrogens is 406 g/mol. The van der Waals surface area contributed by atoms with E-state index in [4.69, 9.17) is 4.52 Å². The zero-order valence-corrected chi connectivity index (χ0v) is 18.4. The monoisotopic (exact) mass is 433 g/mol. The van der Waals surface area contributed by atoms with E-state index in [1.807, 2.05) is 60.4 Å². The predicted octanol–water partition coefficient (Wildman–Crippen LogP) is 2.64. The largest absolute Gasteiger partial charge is 0.352 e. The molecule has 1 N–H and O–H groups in total. The van der Waals surface area contributed by atoms with Crippen molar-refractivity contribution >= 4 is 11.8 Å². The summed E-state index contributed by atoms with van der Waals surface area (Å²) in [5.74, 6) is 1.12. The van der Waals surface area contributed by atoms with Crippen LogP contribution in [0.3, 0.4) is 0 Å². The van der Waals surface area contributed by atoms with Gasteiger partial charge in [-0.3, -0.25) is 14.5 Å². The second-order valence-electron chi connectivity index (χ2n) is 8.05. The normalized spacial score (nSPS) is 14.4. The summed E-state index contributed by atoms with van der Waals surface area (Å²) in [6.07, 6.45) is 0. The maximum absolute atomic E-state index is 12.8. The third-order valence-corrected chi connectivity index (χ3v) is 5.54. The quantitative estimate of drug-likeness (QED) is 0.643. The molecule has 8 nitrogen and oxygen atoms in total. The highest BCUT2D eigenvalue weighted by Crippen LogP contribution is 2.18. The zero-order valence-electron chi connectivity index (χ0n) is 18.4. The average Bonchev–Trinajstić information content (AvgIpc) is 3.27. The van der Waals surface area contributed by atoms with Gasteiger partial charge in [-0.1, -0.05) is 47.1 Å². The maximum atomic E-state index is 12.8. The Morgan fingerprint density at radius 1 is 1.00 bits per heavy atom. The molecule has 3 aromatic rings. The van der Waals surface area contributed by atoms with Gasteiger partial charge in [0.25, 0.3) is 5.91 Å². The van der Waals surface area contributed by atoms with Crippen molar-refractivity contribution in [2.45, 2.75) is 26.9 Å². The lowest BCUT2D eigenvalue weighted by molar-refractivity contribution is -0.119. The van der Waals surface area contributed by atoms with E-state index in [0.29, 0.717) is 43.5 Å². The van der Waals surface area contributed by atoms with E-state index in [1.165, 1.54) is 12.5 Å². The first kappa shape index (κ1) is 21.7. The molecule has 0 aliphatic carbocycles. The van der Waals surface area contributed by atoms with Crippen LogP contribution in [0.1, 0.15) is 34.3 Å². The van der Waals surface area contributed by atoms with Gasteiger partial charge in [-0.25, -0.2) is 0 Å². The highest BCUT2D eigenvalue weighted by molar-refractivity contribution is 5.94. The van der Waals surface area contributed by atoms with Crippen molar-refractivity contribution in [2.75, 3.05) is 26.2 Å². The molecule has 0 unspecified atom stereocenters. The molecule has 0 saturated carbocycles. The number of aromatic nitrogens is 2. The van der Waals surface area contributed by atoms with Crippen LogP contribution in [0.25, 0.3) is 11.4 Å². The van der Waals surface area contributed by atoms with Crippen LogP contribution in [0.5, 0.6) is 0 Å². The Labute approximate surface area is 187 Å². The number of rotatable bonds is 6. The molecule has 0 bridgehead atoms. The molecular formula is C24H27N5O3. The van der Waals surface area contributed by atoms with Gasteiger partial charge in [-0.15, -0.1) is 0 Å². The van der Waals surface area contributed by atoms with Crippen LogP contribution < -0.4 is 5.32 Å². The Morgan fingerprint density at radius 2 is 1.69 bits per heavy atom. The van der Waals surface area contributed by atoms with Gasteiger partial charge < -0.3 is 14.7 Å². The second kappa shape index (κ2) is 9.74. The van der Waals surface area contributed by atoms with Crippen molar-refractivity contribution in [2.24, 2.45) is 0 Å². The topological polar surface area (TPSA) is 91.6 Å². The lowest BCUT2D eigenvalue weighted by Crippen LogP contribution is -2.48. The first-order valence-corrected chi connectivity index (χ1v) is 10.7. The number of aryl methyl sites for hydroxylation is 1. The van der Waals surface area contributed by atoms with E-state index in [0.717, 1.165) is 24.2 Å². The van der Waals surface area contributed by atoms with Crippen LogP contribution in [0.15, 0.2) is 53.1 Å². The summed E-state index contributed by atoms with van der Waals surface area (Å²) in [5, 5.41) is 6.85. The number of amides is 2. The van der Waals surface area contributed by atoms with Gasteiger partial charge in [-0.2, -0.15) is 4.98 Å². The predicted molar refractivity (Wildman–Crippen MR) is 120 cm³/mol. The average molecular weight is 434 g/mol. The van der Waals surface area contributed by atoms with E-state index in [2.05, 4.69) is 20.4 Å². The third kappa shape index (κ3) is 5.39. The van der Waals surface area contributed by atoms with Gasteiger partial charge in [0.15, 0.2) is 0 Å². The van der Waals surface area contributed by atoms with Gasteiger partial charge in [0.2, 0.25) is 17.6 Å². The minimum atomic E-state index is -0.0741. The Balaban J connectivity index is 1.28. The molecule has 2 heterocycles. The van der Waals surface area contributed by atoms with Crippen LogP contribution in [0.2, 0.25) is 0 Å². The molecule has 1 aliphatic rings. The fourth-order valence-corrected chi connectivity index (χ4v) is 3.61. The van der Waals surface area contributed by atoms with E-state index < -0.39 is 0 Å². The van der Waals surface area contributed by atoms with Crippen LogP contribution >= 0.6 is 0 Å². The van der Waals surface area contributed by atoms with Crippen LogP contribution in [-0.2, 0) is 17.9 Å². The van der Waals surface area contributed by atoms with Crippen molar-refractivity contribution < 1.29 is 14.1 Å². The highest BCUT2D eigenvalue weighted by Gasteiger charge is 2.23. The molecule has 1 aliphatic heterocycles. The number of nitrogens with one attached hydrogen (secondary N) is 1. The third-order valence-electron chi connectivity index (χ3n) is 5.54. The van der Waals surface area contributed by atoms with E-state index in [9.17, 15) is 9.59 Å².